The van der Waals surface area contributed by atoms with E-state index in [-0.39, 0.29) is 0 Å². The van der Waals surface area contributed by atoms with Gasteiger partial charge in [0.25, 0.3) is 0 Å². The van der Waals surface area contributed by atoms with Crippen molar-refractivity contribution >= 4 is 0 Å². The fraction of sp³-hybridized carbons (Fsp3) is 0.625. The van der Waals surface area contributed by atoms with Gasteiger partial charge in [-0.2, -0.15) is 0 Å². The molecule has 90 valence electrons. The molecule has 0 amide bonds. The van der Waals surface area contributed by atoms with Crippen LogP contribution in [-0.4, -0.2) is 6.61 Å². The molecule has 0 spiro atoms. The summed E-state index contributed by atoms with van der Waals surface area (Å²) < 4.78 is 5.55. The fourth-order valence-electron chi connectivity index (χ4n) is 5.31. The Labute approximate surface area is 103 Å². The van der Waals surface area contributed by atoms with E-state index in [4.69, 9.17) is 4.74 Å². The first-order valence-corrected chi connectivity index (χ1v) is 6.99. The predicted octanol–water partition coefficient (Wildman–Crippen LogP) is 3.84. The molecule has 2 atom stereocenters. The molecule has 1 nitrogen and oxygen atoms in total. The minimum atomic E-state index is 0.509. The Balaban J connectivity index is 1.76. The standard InChI is InChI=1S/C16H20O/c1-11-7-8-16(12-4-3-9-17-10-12)13-5-2-6-14(16)15(11)13/h3-4,9,13-15H,1-2,5-8,10H2. The van der Waals surface area contributed by atoms with E-state index in [1.54, 1.807) is 11.1 Å². The van der Waals surface area contributed by atoms with Crippen molar-refractivity contribution in [1.82, 2.24) is 0 Å². The number of ether oxygens (including phenoxy) is 1. The van der Waals surface area contributed by atoms with Crippen LogP contribution in [0, 0.1) is 23.2 Å². The maximum Gasteiger partial charge on any atom is 0.109 e. The van der Waals surface area contributed by atoms with Gasteiger partial charge >= 0.3 is 0 Å². The van der Waals surface area contributed by atoms with E-state index in [1.165, 1.54) is 32.1 Å². The molecule has 0 radical (unpaired) electrons. The van der Waals surface area contributed by atoms with Crippen molar-refractivity contribution in [3.63, 3.8) is 0 Å². The van der Waals surface area contributed by atoms with Crippen LogP contribution in [0.2, 0.25) is 0 Å². The highest BCUT2D eigenvalue weighted by atomic mass is 16.5. The molecule has 17 heavy (non-hydrogen) atoms. The maximum absolute atomic E-state index is 5.55. The van der Waals surface area contributed by atoms with Gasteiger partial charge in [-0.15, -0.1) is 0 Å². The van der Waals surface area contributed by atoms with Crippen LogP contribution in [0.1, 0.15) is 32.1 Å². The third kappa shape index (κ3) is 1.06. The summed E-state index contributed by atoms with van der Waals surface area (Å²) in [5.74, 6) is 2.64. The molecule has 0 aromatic rings. The van der Waals surface area contributed by atoms with Crippen LogP contribution < -0.4 is 0 Å². The van der Waals surface area contributed by atoms with Crippen LogP contribution in [-0.2, 0) is 4.74 Å². The monoisotopic (exact) mass is 228 g/mol. The molecular formula is C16H20O. The average Bonchev–Trinajstić information content (AvgIpc) is 2.41. The highest BCUT2D eigenvalue weighted by molar-refractivity contribution is 5.37. The molecule has 4 fully saturated rings. The van der Waals surface area contributed by atoms with Gasteiger partial charge in [-0.25, -0.2) is 0 Å². The third-order valence-electron chi connectivity index (χ3n) is 5.86. The fourth-order valence-corrected chi connectivity index (χ4v) is 5.31. The first-order chi connectivity index (χ1) is 8.34. The second-order valence-corrected chi connectivity index (χ2v) is 6.20. The van der Waals surface area contributed by atoms with Gasteiger partial charge in [0.15, 0.2) is 0 Å². The lowest BCUT2D eigenvalue weighted by Crippen LogP contribution is -2.63. The summed E-state index contributed by atoms with van der Waals surface area (Å²) in [7, 11) is 0. The third-order valence-corrected chi connectivity index (χ3v) is 5.86. The Morgan fingerprint density at radius 1 is 1.29 bits per heavy atom. The molecule has 5 rings (SSSR count). The molecule has 4 saturated carbocycles. The van der Waals surface area contributed by atoms with Gasteiger partial charge in [-0.1, -0.05) is 24.6 Å². The van der Waals surface area contributed by atoms with Crippen LogP contribution in [0.15, 0.2) is 36.1 Å². The normalized spacial score (nSPS) is 46.9. The van der Waals surface area contributed by atoms with E-state index < -0.39 is 0 Å². The molecule has 4 bridgehead atoms. The molecule has 4 aliphatic carbocycles. The second kappa shape index (κ2) is 3.28. The van der Waals surface area contributed by atoms with E-state index in [0.717, 1.165) is 24.4 Å². The molecule has 0 aromatic heterocycles. The molecular weight excluding hydrogens is 208 g/mol. The lowest BCUT2D eigenvalue weighted by molar-refractivity contribution is -0.147. The second-order valence-electron chi connectivity index (χ2n) is 6.20. The first kappa shape index (κ1) is 9.99. The minimum Gasteiger partial charge on any atom is -0.497 e. The number of hydrogen-bond donors (Lipinski definition) is 0. The summed E-state index contributed by atoms with van der Waals surface area (Å²) in [6.07, 6.45) is 13.1. The Morgan fingerprint density at radius 2 is 2.12 bits per heavy atom. The van der Waals surface area contributed by atoms with Gasteiger partial charge in [0.1, 0.15) is 6.61 Å². The van der Waals surface area contributed by atoms with Crippen LogP contribution in [0.5, 0.6) is 0 Å². The molecule has 1 heterocycles. The topological polar surface area (TPSA) is 9.23 Å². The Hall–Kier alpha value is -0.980. The smallest absolute Gasteiger partial charge is 0.109 e. The Kier molecular flexibility index (Phi) is 1.93. The Bertz CT molecular complexity index is 417. The highest BCUT2D eigenvalue weighted by Gasteiger charge is 2.66. The highest BCUT2D eigenvalue weighted by Crippen LogP contribution is 2.73. The predicted molar refractivity (Wildman–Crippen MR) is 68.3 cm³/mol. The van der Waals surface area contributed by atoms with E-state index in [0.29, 0.717) is 5.41 Å². The summed E-state index contributed by atoms with van der Waals surface area (Å²) >= 11 is 0. The molecule has 0 aromatic carbocycles. The van der Waals surface area contributed by atoms with Crippen LogP contribution in [0.3, 0.4) is 0 Å². The van der Waals surface area contributed by atoms with Gasteiger partial charge in [-0.3, -0.25) is 0 Å². The molecule has 2 unspecified atom stereocenters. The molecule has 5 aliphatic rings. The molecule has 0 N–H and O–H groups in total. The number of hydrogen-bond acceptors (Lipinski definition) is 1. The van der Waals surface area contributed by atoms with Crippen molar-refractivity contribution < 1.29 is 4.74 Å². The van der Waals surface area contributed by atoms with E-state index in [2.05, 4.69) is 18.7 Å². The van der Waals surface area contributed by atoms with Crippen molar-refractivity contribution in [3.05, 3.63) is 36.1 Å². The molecule has 0 saturated heterocycles. The summed E-state index contributed by atoms with van der Waals surface area (Å²) in [5, 5.41) is 0. The summed E-state index contributed by atoms with van der Waals surface area (Å²) in [6, 6.07) is 0. The van der Waals surface area contributed by atoms with Gasteiger partial charge in [-0.05, 0) is 55.1 Å². The van der Waals surface area contributed by atoms with E-state index in [1.807, 2.05) is 6.26 Å². The number of allylic oxidation sites excluding steroid dienone is 3. The van der Waals surface area contributed by atoms with Crippen molar-refractivity contribution in [1.29, 1.82) is 0 Å². The quantitative estimate of drug-likeness (QED) is 0.620. The van der Waals surface area contributed by atoms with Crippen LogP contribution in [0.25, 0.3) is 0 Å². The van der Waals surface area contributed by atoms with Gasteiger partial charge in [0, 0.05) is 5.41 Å². The largest absolute Gasteiger partial charge is 0.497 e. The zero-order valence-electron chi connectivity index (χ0n) is 10.3. The van der Waals surface area contributed by atoms with Gasteiger partial charge in [0.2, 0.25) is 0 Å². The van der Waals surface area contributed by atoms with Crippen molar-refractivity contribution in [2.24, 2.45) is 23.2 Å². The molecule has 1 aliphatic heterocycles. The van der Waals surface area contributed by atoms with Crippen molar-refractivity contribution in [2.45, 2.75) is 32.1 Å². The maximum atomic E-state index is 5.55. The van der Waals surface area contributed by atoms with Crippen LogP contribution in [0.4, 0.5) is 0 Å². The average molecular weight is 228 g/mol. The lowest BCUT2D eigenvalue weighted by Gasteiger charge is -2.70. The lowest BCUT2D eigenvalue weighted by atomic mass is 9.34. The number of fused-ring (bicyclic) bond motifs is 2. The summed E-state index contributed by atoms with van der Waals surface area (Å²) in [5.41, 5.74) is 3.64. The van der Waals surface area contributed by atoms with E-state index in [9.17, 15) is 0 Å². The van der Waals surface area contributed by atoms with E-state index >= 15 is 0 Å². The van der Waals surface area contributed by atoms with Crippen LogP contribution >= 0.6 is 0 Å². The summed E-state index contributed by atoms with van der Waals surface area (Å²) in [4.78, 5) is 0. The zero-order chi connectivity index (χ0) is 11.5. The minimum absolute atomic E-state index is 0.509. The zero-order valence-corrected chi connectivity index (χ0v) is 10.3. The Morgan fingerprint density at radius 3 is 2.82 bits per heavy atom. The van der Waals surface area contributed by atoms with Gasteiger partial charge < -0.3 is 4.74 Å². The van der Waals surface area contributed by atoms with Crippen molar-refractivity contribution in [3.8, 4) is 0 Å². The first-order valence-electron chi connectivity index (χ1n) is 6.99. The number of rotatable bonds is 1. The van der Waals surface area contributed by atoms with Crippen molar-refractivity contribution in [2.75, 3.05) is 6.61 Å². The SMILES string of the molecule is C=C1CCC2(C3=CC=COC3)C3CCCC2C13. The summed E-state index contributed by atoms with van der Waals surface area (Å²) in [6.45, 7) is 5.16. The molecule has 1 heteroatoms. The van der Waals surface area contributed by atoms with Gasteiger partial charge in [0.05, 0.1) is 6.26 Å².